The normalized spacial score (nSPS) is 48.6. The van der Waals surface area contributed by atoms with Crippen LogP contribution in [-0.2, 0) is 4.79 Å². The Bertz CT molecular complexity index is 257. The molecule has 1 N–H and O–H groups in total. The molecule has 3 rings (SSSR count). The van der Waals surface area contributed by atoms with Gasteiger partial charge in [-0.05, 0) is 30.1 Å². The van der Waals surface area contributed by atoms with Crippen LogP contribution in [0.4, 0.5) is 0 Å². The Labute approximate surface area is 73.0 Å². The molecule has 0 aliphatic heterocycles. The number of hydrogen-bond acceptors (Lipinski definition) is 1. The van der Waals surface area contributed by atoms with Gasteiger partial charge in [-0.25, -0.2) is 0 Å². The summed E-state index contributed by atoms with van der Waals surface area (Å²) in [5, 5.41) is 9.16. The van der Waals surface area contributed by atoms with Crippen LogP contribution in [0.15, 0.2) is 0 Å². The number of carbonyl (C=O) groups is 1. The van der Waals surface area contributed by atoms with E-state index >= 15 is 0 Å². The van der Waals surface area contributed by atoms with Crippen LogP contribution in [0.1, 0.15) is 40.0 Å². The first kappa shape index (κ1) is 8.09. The van der Waals surface area contributed by atoms with Gasteiger partial charge in [0.2, 0.25) is 0 Å². The van der Waals surface area contributed by atoms with Gasteiger partial charge in [0.05, 0.1) is 5.41 Å². The van der Waals surface area contributed by atoms with Gasteiger partial charge >= 0.3 is 5.97 Å². The van der Waals surface area contributed by atoms with Crippen LogP contribution < -0.4 is 0 Å². The van der Waals surface area contributed by atoms with Crippen LogP contribution in [0, 0.1) is 16.2 Å². The van der Waals surface area contributed by atoms with Gasteiger partial charge in [0.1, 0.15) is 0 Å². The molecule has 12 heavy (non-hydrogen) atoms. The third-order valence-corrected chi connectivity index (χ3v) is 4.91. The Morgan fingerprint density at radius 1 is 1.25 bits per heavy atom. The van der Waals surface area contributed by atoms with Crippen LogP contribution in [0.2, 0.25) is 0 Å². The maximum absolute atomic E-state index is 11.1. The molecule has 0 heterocycles. The van der Waals surface area contributed by atoms with E-state index in [9.17, 15) is 4.79 Å². The number of hydrogen-bond donors (Lipinski definition) is 1. The molecular weight excluding hydrogens is 152 g/mol. The molecule has 0 aromatic carbocycles. The molecule has 2 nitrogen and oxygen atoms in total. The van der Waals surface area contributed by atoms with Crippen molar-refractivity contribution in [2.75, 3.05) is 0 Å². The Morgan fingerprint density at radius 3 is 2.00 bits per heavy atom. The minimum atomic E-state index is -0.581. The van der Waals surface area contributed by atoms with Crippen LogP contribution >= 0.6 is 0 Å². The van der Waals surface area contributed by atoms with E-state index in [1.54, 1.807) is 0 Å². The summed E-state index contributed by atoms with van der Waals surface area (Å²) < 4.78 is 0. The van der Waals surface area contributed by atoms with Crippen molar-refractivity contribution in [2.24, 2.45) is 16.2 Å². The van der Waals surface area contributed by atoms with Gasteiger partial charge in [0.15, 0.2) is 0 Å². The molecule has 0 radical (unpaired) electrons. The van der Waals surface area contributed by atoms with E-state index in [1.807, 2.05) is 0 Å². The highest BCUT2D eigenvalue weighted by Crippen LogP contribution is 2.77. The average molecular weight is 168 g/mol. The summed E-state index contributed by atoms with van der Waals surface area (Å²) >= 11 is 0. The molecule has 3 aliphatic rings. The molecule has 0 spiro atoms. The third kappa shape index (κ3) is 0.511. The Kier molecular flexibility index (Phi) is 1.15. The monoisotopic (exact) mass is 168 g/mol. The first-order chi connectivity index (χ1) is 5.36. The Morgan fingerprint density at radius 2 is 1.83 bits per heavy atom. The number of aliphatic carboxylic acids is 1. The van der Waals surface area contributed by atoms with E-state index in [2.05, 4.69) is 20.8 Å². The van der Waals surface area contributed by atoms with Crippen molar-refractivity contribution < 1.29 is 9.90 Å². The van der Waals surface area contributed by atoms with E-state index in [0.717, 1.165) is 19.3 Å². The van der Waals surface area contributed by atoms with Crippen LogP contribution in [0.25, 0.3) is 0 Å². The van der Waals surface area contributed by atoms with Crippen molar-refractivity contribution in [1.82, 2.24) is 0 Å². The molecule has 3 aliphatic carbocycles. The summed E-state index contributed by atoms with van der Waals surface area (Å²) in [6.45, 7) is 6.44. The van der Waals surface area contributed by atoms with Crippen molar-refractivity contribution in [1.29, 1.82) is 0 Å². The second kappa shape index (κ2) is 1.70. The van der Waals surface area contributed by atoms with Gasteiger partial charge in [0.25, 0.3) is 0 Å². The largest absolute Gasteiger partial charge is 0.481 e. The second-order valence-corrected chi connectivity index (χ2v) is 5.25. The molecule has 3 saturated carbocycles. The fourth-order valence-electron chi connectivity index (χ4n) is 3.32. The molecule has 2 heteroatoms. The first-order valence-electron chi connectivity index (χ1n) is 4.59. The predicted octanol–water partition coefficient (Wildman–Crippen LogP) is 2.29. The van der Waals surface area contributed by atoms with Crippen LogP contribution in [0.5, 0.6) is 0 Å². The second-order valence-electron chi connectivity index (χ2n) is 5.25. The SMILES string of the molecule is CC1(C)[C@@]2(C)CC[C@@]1(C(=O)O)C2. The molecule has 0 amide bonds. The topological polar surface area (TPSA) is 37.3 Å². The van der Waals surface area contributed by atoms with Crippen molar-refractivity contribution >= 4 is 5.97 Å². The summed E-state index contributed by atoms with van der Waals surface area (Å²) in [6.07, 6.45) is 2.86. The summed E-state index contributed by atoms with van der Waals surface area (Å²) in [5.74, 6) is -0.581. The van der Waals surface area contributed by atoms with Gasteiger partial charge in [0, 0.05) is 0 Å². The summed E-state index contributed by atoms with van der Waals surface area (Å²) in [4.78, 5) is 11.1. The number of carboxylic acid groups (broad SMARTS) is 1. The molecular formula is C10H16O2. The van der Waals surface area contributed by atoms with Crippen molar-refractivity contribution in [3.63, 3.8) is 0 Å². The Hall–Kier alpha value is -0.530. The van der Waals surface area contributed by atoms with E-state index in [1.165, 1.54) is 0 Å². The zero-order valence-corrected chi connectivity index (χ0v) is 7.98. The van der Waals surface area contributed by atoms with Gasteiger partial charge in [-0.15, -0.1) is 0 Å². The van der Waals surface area contributed by atoms with Gasteiger partial charge in [-0.2, -0.15) is 0 Å². The van der Waals surface area contributed by atoms with Crippen LogP contribution in [-0.4, -0.2) is 11.1 Å². The number of carboxylic acids is 1. The highest BCUT2D eigenvalue weighted by atomic mass is 16.4. The lowest BCUT2D eigenvalue weighted by atomic mass is 9.44. The highest BCUT2D eigenvalue weighted by molar-refractivity contribution is 5.79. The van der Waals surface area contributed by atoms with Crippen molar-refractivity contribution in [3.05, 3.63) is 0 Å². The van der Waals surface area contributed by atoms with E-state index in [-0.39, 0.29) is 10.8 Å². The molecule has 2 atom stereocenters. The summed E-state index contributed by atoms with van der Waals surface area (Å²) in [6, 6.07) is 0. The highest BCUT2D eigenvalue weighted by Gasteiger charge is 2.74. The molecule has 68 valence electrons. The van der Waals surface area contributed by atoms with Gasteiger partial charge < -0.3 is 5.11 Å². The quantitative estimate of drug-likeness (QED) is 0.652. The maximum atomic E-state index is 11.1. The minimum absolute atomic E-state index is 0.00579. The smallest absolute Gasteiger partial charge is 0.310 e. The molecule has 0 saturated heterocycles. The molecule has 3 fully saturated rings. The number of fused-ring (bicyclic) bond motifs is 1. The molecule has 2 bridgehead atoms. The zero-order valence-electron chi connectivity index (χ0n) is 7.98. The van der Waals surface area contributed by atoms with E-state index in [0.29, 0.717) is 5.41 Å². The molecule has 0 aromatic heterocycles. The summed E-state index contributed by atoms with van der Waals surface area (Å²) in [7, 11) is 0. The molecule has 0 unspecified atom stereocenters. The zero-order chi connectivity index (χ0) is 9.20. The van der Waals surface area contributed by atoms with E-state index in [4.69, 9.17) is 5.11 Å². The maximum Gasteiger partial charge on any atom is 0.310 e. The van der Waals surface area contributed by atoms with Crippen LogP contribution in [0.3, 0.4) is 0 Å². The first-order valence-corrected chi connectivity index (χ1v) is 4.59. The van der Waals surface area contributed by atoms with Gasteiger partial charge in [-0.1, -0.05) is 20.8 Å². The Balaban J connectivity index is 2.42. The number of rotatable bonds is 1. The third-order valence-electron chi connectivity index (χ3n) is 4.91. The molecule has 0 aromatic rings. The fraction of sp³-hybridized carbons (Fsp3) is 0.900. The lowest BCUT2D eigenvalue weighted by Crippen LogP contribution is -2.58. The summed E-state index contributed by atoms with van der Waals surface area (Å²) in [5.41, 5.74) is -0.0844. The van der Waals surface area contributed by atoms with Crippen molar-refractivity contribution in [2.45, 2.75) is 40.0 Å². The van der Waals surface area contributed by atoms with Gasteiger partial charge in [-0.3, -0.25) is 4.79 Å². The predicted molar refractivity (Wildman–Crippen MR) is 45.8 cm³/mol. The average Bonchev–Trinajstić information content (AvgIpc) is 2.39. The van der Waals surface area contributed by atoms with Crippen molar-refractivity contribution in [3.8, 4) is 0 Å². The minimum Gasteiger partial charge on any atom is -0.481 e. The standard InChI is InChI=1S/C10H16O2/c1-8(2)9(3)4-5-10(8,6-9)7(11)12/h4-6H2,1-3H3,(H,11,12)/t9-,10-/m0/s1. The lowest BCUT2D eigenvalue weighted by Gasteiger charge is -2.59. The lowest BCUT2D eigenvalue weighted by molar-refractivity contribution is -0.184. The van der Waals surface area contributed by atoms with E-state index < -0.39 is 5.97 Å². The fourth-order valence-corrected chi connectivity index (χ4v) is 3.32.